The number of carbonyl (C=O) groups is 3. The molecule has 0 saturated carbocycles. The van der Waals surface area contributed by atoms with Crippen LogP contribution in [0.3, 0.4) is 0 Å². The molecule has 8 heteroatoms. The van der Waals surface area contributed by atoms with E-state index in [1.165, 1.54) is 41.3 Å². The maximum absolute atomic E-state index is 13.1. The summed E-state index contributed by atoms with van der Waals surface area (Å²) in [4.78, 5) is 36.6. The van der Waals surface area contributed by atoms with E-state index < -0.39 is 23.6 Å². The highest BCUT2D eigenvalue weighted by Crippen LogP contribution is 2.17. The van der Waals surface area contributed by atoms with Crippen LogP contribution in [0.25, 0.3) is 0 Å². The van der Waals surface area contributed by atoms with Crippen LogP contribution in [0.15, 0.2) is 48.5 Å². The van der Waals surface area contributed by atoms with E-state index in [-0.39, 0.29) is 26.2 Å². The minimum absolute atomic E-state index is 0.0443. The van der Waals surface area contributed by atoms with Crippen molar-refractivity contribution in [1.29, 1.82) is 0 Å². The largest absolute Gasteiger partial charge is 0.484 e. The van der Waals surface area contributed by atoms with Crippen molar-refractivity contribution < 1.29 is 28.2 Å². The SMILES string of the molecule is CCOC(=O)c1ccc(OCC(=O)N(CCC(N)=O)c2ccc(F)cc2)cc1. The highest BCUT2D eigenvalue weighted by Gasteiger charge is 2.17. The molecule has 148 valence electrons. The maximum Gasteiger partial charge on any atom is 0.338 e. The molecule has 0 radical (unpaired) electrons. The first-order valence-electron chi connectivity index (χ1n) is 8.65. The van der Waals surface area contributed by atoms with Gasteiger partial charge in [-0.1, -0.05) is 0 Å². The van der Waals surface area contributed by atoms with Crippen molar-refractivity contribution in [2.24, 2.45) is 5.73 Å². The average Bonchev–Trinajstić information content (AvgIpc) is 2.68. The number of amides is 2. The lowest BCUT2D eigenvalue weighted by atomic mass is 10.2. The first kappa shape index (κ1) is 20.9. The molecule has 2 N–H and O–H groups in total. The average molecular weight is 388 g/mol. The monoisotopic (exact) mass is 388 g/mol. The second-order valence-electron chi connectivity index (χ2n) is 5.77. The van der Waals surface area contributed by atoms with E-state index >= 15 is 0 Å². The number of esters is 1. The summed E-state index contributed by atoms with van der Waals surface area (Å²) in [5.41, 5.74) is 5.96. The first-order valence-corrected chi connectivity index (χ1v) is 8.65. The van der Waals surface area contributed by atoms with Gasteiger partial charge in [0.05, 0.1) is 12.2 Å². The van der Waals surface area contributed by atoms with Crippen LogP contribution < -0.4 is 15.4 Å². The van der Waals surface area contributed by atoms with Crippen LogP contribution >= 0.6 is 0 Å². The molecule has 2 aromatic rings. The van der Waals surface area contributed by atoms with Gasteiger partial charge in [0.15, 0.2) is 6.61 Å². The third kappa shape index (κ3) is 6.08. The van der Waals surface area contributed by atoms with Crippen LogP contribution in [-0.2, 0) is 14.3 Å². The van der Waals surface area contributed by atoms with Gasteiger partial charge in [-0.05, 0) is 55.5 Å². The molecule has 0 aliphatic carbocycles. The number of nitrogens with two attached hydrogens (primary N) is 1. The Morgan fingerprint density at radius 1 is 1.04 bits per heavy atom. The van der Waals surface area contributed by atoms with Gasteiger partial charge in [-0.3, -0.25) is 9.59 Å². The van der Waals surface area contributed by atoms with Crippen molar-refractivity contribution in [2.45, 2.75) is 13.3 Å². The first-order chi connectivity index (χ1) is 13.4. The molecule has 0 atom stereocenters. The molecular formula is C20H21FN2O5. The third-order valence-electron chi connectivity index (χ3n) is 3.75. The van der Waals surface area contributed by atoms with Crippen LogP contribution in [0.4, 0.5) is 10.1 Å². The van der Waals surface area contributed by atoms with Gasteiger partial charge in [-0.15, -0.1) is 0 Å². The predicted molar refractivity (Wildman–Crippen MR) is 100 cm³/mol. The van der Waals surface area contributed by atoms with Gasteiger partial charge in [-0.2, -0.15) is 0 Å². The van der Waals surface area contributed by atoms with Crippen molar-refractivity contribution in [3.8, 4) is 5.75 Å². The van der Waals surface area contributed by atoms with Crippen LogP contribution in [0, 0.1) is 5.82 Å². The van der Waals surface area contributed by atoms with E-state index in [0.29, 0.717) is 17.0 Å². The van der Waals surface area contributed by atoms with Crippen molar-refractivity contribution in [2.75, 3.05) is 24.7 Å². The highest BCUT2D eigenvalue weighted by molar-refractivity contribution is 5.95. The number of anilines is 1. The number of benzene rings is 2. The van der Waals surface area contributed by atoms with E-state index in [2.05, 4.69) is 0 Å². The Labute approximate surface area is 161 Å². The van der Waals surface area contributed by atoms with E-state index in [0.717, 1.165) is 0 Å². The summed E-state index contributed by atoms with van der Waals surface area (Å²) >= 11 is 0. The Kier molecular flexibility index (Phi) is 7.50. The minimum Gasteiger partial charge on any atom is -0.484 e. The smallest absolute Gasteiger partial charge is 0.338 e. The summed E-state index contributed by atoms with van der Waals surface area (Å²) in [6.45, 7) is 1.72. The van der Waals surface area contributed by atoms with Crippen LogP contribution in [0.1, 0.15) is 23.7 Å². The van der Waals surface area contributed by atoms with E-state index in [1.54, 1.807) is 19.1 Å². The summed E-state index contributed by atoms with van der Waals surface area (Å²) in [6, 6.07) is 11.5. The maximum atomic E-state index is 13.1. The Bertz CT molecular complexity index is 821. The van der Waals surface area contributed by atoms with E-state index in [9.17, 15) is 18.8 Å². The Morgan fingerprint density at radius 2 is 1.68 bits per heavy atom. The number of nitrogens with zero attached hydrogens (tertiary/aromatic N) is 1. The molecular weight excluding hydrogens is 367 g/mol. The zero-order valence-electron chi connectivity index (χ0n) is 15.4. The molecule has 2 amide bonds. The van der Waals surface area contributed by atoms with E-state index in [4.69, 9.17) is 15.2 Å². The number of carbonyl (C=O) groups excluding carboxylic acids is 3. The molecule has 0 aliphatic rings. The molecule has 0 aliphatic heterocycles. The Morgan fingerprint density at radius 3 is 2.25 bits per heavy atom. The lowest BCUT2D eigenvalue weighted by Gasteiger charge is -2.22. The molecule has 0 fully saturated rings. The molecule has 7 nitrogen and oxygen atoms in total. The number of halogens is 1. The zero-order chi connectivity index (χ0) is 20.5. The highest BCUT2D eigenvalue weighted by atomic mass is 19.1. The second-order valence-corrected chi connectivity index (χ2v) is 5.77. The quantitative estimate of drug-likeness (QED) is 0.665. The Hall–Kier alpha value is -3.42. The number of hydrogen-bond acceptors (Lipinski definition) is 5. The standard InChI is InChI=1S/C20H21FN2O5/c1-2-27-20(26)14-3-9-17(10-4-14)28-13-19(25)23(12-11-18(22)24)16-7-5-15(21)6-8-16/h3-10H,2,11-13H2,1H3,(H2,22,24). The summed E-state index contributed by atoms with van der Waals surface area (Å²) in [5, 5.41) is 0. The van der Waals surface area contributed by atoms with Gasteiger partial charge in [0.1, 0.15) is 11.6 Å². The van der Waals surface area contributed by atoms with Gasteiger partial charge < -0.3 is 20.1 Å². The molecule has 2 aromatic carbocycles. The fraction of sp³-hybridized carbons (Fsp3) is 0.250. The molecule has 0 unspecified atom stereocenters. The predicted octanol–water partition coefficient (Wildman–Crippen LogP) is 2.29. The van der Waals surface area contributed by atoms with Gasteiger partial charge in [0, 0.05) is 18.7 Å². The number of hydrogen-bond donors (Lipinski definition) is 1. The zero-order valence-corrected chi connectivity index (χ0v) is 15.4. The van der Waals surface area contributed by atoms with Crippen molar-refractivity contribution in [1.82, 2.24) is 0 Å². The van der Waals surface area contributed by atoms with Crippen LogP contribution in [0.2, 0.25) is 0 Å². The minimum atomic E-state index is -0.560. The molecule has 28 heavy (non-hydrogen) atoms. The molecule has 0 aromatic heterocycles. The van der Waals surface area contributed by atoms with Crippen LogP contribution in [0.5, 0.6) is 5.75 Å². The Balaban J connectivity index is 2.03. The fourth-order valence-corrected chi connectivity index (χ4v) is 2.37. The summed E-state index contributed by atoms with van der Waals surface area (Å²) in [5.74, 6) is -1.49. The number of ether oxygens (including phenoxy) is 2. The number of rotatable bonds is 9. The van der Waals surface area contributed by atoms with Gasteiger partial charge in [0.2, 0.25) is 5.91 Å². The van der Waals surface area contributed by atoms with Crippen molar-refractivity contribution in [3.63, 3.8) is 0 Å². The number of primary amides is 1. The van der Waals surface area contributed by atoms with Crippen molar-refractivity contribution in [3.05, 3.63) is 59.9 Å². The second kappa shape index (κ2) is 10.1. The van der Waals surface area contributed by atoms with E-state index in [1.807, 2.05) is 0 Å². The molecule has 0 bridgehead atoms. The van der Waals surface area contributed by atoms with Crippen LogP contribution in [-0.4, -0.2) is 37.5 Å². The summed E-state index contributed by atoms with van der Waals surface area (Å²) in [6.07, 6.45) is -0.0443. The fourth-order valence-electron chi connectivity index (χ4n) is 2.37. The van der Waals surface area contributed by atoms with Gasteiger partial charge >= 0.3 is 5.97 Å². The summed E-state index contributed by atoms with van der Waals surface area (Å²) in [7, 11) is 0. The molecule has 0 spiro atoms. The van der Waals surface area contributed by atoms with Gasteiger partial charge in [-0.25, -0.2) is 9.18 Å². The van der Waals surface area contributed by atoms with Crippen molar-refractivity contribution >= 4 is 23.5 Å². The summed E-state index contributed by atoms with van der Waals surface area (Å²) < 4.78 is 23.5. The van der Waals surface area contributed by atoms with Gasteiger partial charge in [0.25, 0.3) is 5.91 Å². The normalized spacial score (nSPS) is 10.2. The molecule has 0 saturated heterocycles. The lowest BCUT2D eigenvalue weighted by molar-refractivity contribution is -0.120. The molecule has 2 rings (SSSR count). The third-order valence-corrected chi connectivity index (χ3v) is 3.75. The topological polar surface area (TPSA) is 98.9 Å². The molecule has 0 heterocycles. The lowest BCUT2D eigenvalue weighted by Crippen LogP contribution is -2.37.